The molecule has 0 bridgehead atoms. The monoisotopic (exact) mass is 301 g/mol. The van der Waals surface area contributed by atoms with Gasteiger partial charge in [-0.2, -0.15) is 0 Å². The zero-order valence-electron chi connectivity index (χ0n) is 12.1. The highest BCUT2D eigenvalue weighted by atomic mass is 19.1. The molecule has 1 aliphatic rings. The maximum atomic E-state index is 14.6. The van der Waals surface area contributed by atoms with Gasteiger partial charge < -0.3 is 10.0 Å². The second-order valence-corrected chi connectivity index (χ2v) is 6.51. The van der Waals surface area contributed by atoms with Crippen molar-refractivity contribution in [2.75, 3.05) is 6.54 Å². The summed E-state index contributed by atoms with van der Waals surface area (Å²) in [6, 6.07) is 2.06. The first-order valence-electron chi connectivity index (χ1n) is 6.71. The number of carbonyl (C=O) groups is 1. The number of likely N-dealkylation sites (tertiary alicyclic amines) is 1. The lowest BCUT2D eigenvalue weighted by Gasteiger charge is -2.53. The maximum absolute atomic E-state index is 14.6. The molecule has 21 heavy (non-hydrogen) atoms. The molecule has 0 saturated carbocycles. The van der Waals surface area contributed by atoms with E-state index in [2.05, 4.69) is 0 Å². The number of hydrogen-bond donors (Lipinski definition) is 1. The summed E-state index contributed by atoms with van der Waals surface area (Å²) >= 11 is 0. The first-order valence-corrected chi connectivity index (χ1v) is 6.71. The Bertz CT molecular complexity index is 536. The van der Waals surface area contributed by atoms with Crippen LogP contribution >= 0.6 is 0 Å². The van der Waals surface area contributed by atoms with Gasteiger partial charge >= 0.3 is 6.09 Å². The van der Waals surface area contributed by atoms with Crippen molar-refractivity contribution in [2.24, 2.45) is 11.3 Å². The van der Waals surface area contributed by atoms with Crippen molar-refractivity contribution >= 4 is 6.09 Å². The largest absolute Gasteiger partial charge is 0.465 e. The topological polar surface area (TPSA) is 40.5 Å². The molecule has 3 atom stereocenters. The summed E-state index contributed by atoms with van der Waals surface area (Å²) < 4.78 is 41.0. The summed E-state index contributed by atoms with van der Waals surface area (Å²) in [4.78, 5) is 12.3. The van der Waals surface area contributed by atoms with Crippen LogP contribution in [0.4, 0.5) is 18.0 Å². The van der Waals surface area contributed by atoms with E-state index in [1.54, 1.807) is 0 Å². The lowest BCUT2D eigenvalue weighted by Crippen LogP contribution is -2.64. The van der Waals surface area contributed by atoms with E-state index in [0.29, 0.717) is 6.07 Å². The second kappa shape index (κ2) is 5.24. The zero-order chi connectivity index (χ0) is 15.9. The van der Waals surface area contributed by atoms with E-state index in [4.69, 9.17) is 5.11 Å². The summed E-state index contributed by atoms with van der Waals surface area (Å²) in [6.07, 6.45) is -2.71. The first kappa shape index (κ1) is 15.7. The quantitative estimate of drug-likeness (QED) is 0.897. The van der Waals surface area contributed by atoms with Crippen LogP contribution in [0.2, 0.25) is 0 Å². The molecule has 116 valence electrons. The van der Waals surface area contributed by atoms with Gasteiger partial charge in [0.1, 0.15) is 17.8 Å². The zero-order valence-corrected chi connectivity index (χ0v) is 12.1. The Morgan fingerprint density at radius 3 is 2.24 bits per heavy atom. The van der Waals surface area contributed by atoms with E-state index in [1.807, 2.05) is 20.8 Å². The Labute approximate surface area is 121 Å². The maximum Gasteiger partial charge on any atom is 0.407 e. The van der Waals surface area contributed by atoms with E-state index in [-0.39, 0.29) is 12.1 Å². The molecule has 2 rings (SSSR count). The summed E-state index contributed by atoms with van der Waals surface area (Å²) in [5.41, 5.74) is -0.547. The van der Waals surface area contributed by atoms with Gasteiger partial charge in [-0.3, -0.25) is 0 Å². The van der Waals surface area contributed by atoms with Crippen molar-refractivity contribution in [1.29, 1.82) is 0 Å². The molecule has 0 spiro atoms. The summed E-state index contributed by atoms with van der Waals surface area (Å²) in [5.74, 6) is -2.29. The molecule has 0 aromatic heterocycles. The Hall–Kier alpha value is -1.72. The van der Waals surface area contributed by atoms with Gasteiger partial charge in [0.2, 0.25) is 0 Å². The van der Waals surface area contributed by atoms with Crippen LogP contribution in [0.3, 0.4) is 0 Å². The van der Waals surface area contributed by atoms with Crippen LogP contribution < -0.4 is 0 Å². The third kappa shape index (κ3) is 2.99. The van der Waals surface area contributed by atoms with Gasteiger partial charge in [-0.15, -0.1) is 0 Å². The van der Waals surface area contributed by atoms with Crippen LogP contribution in [0.25, 0.3) is 0 Å². The number of carboxylic acid groups (broad SMARTS) is 1. The van der Waals surface area contributed by atoms with Crippen molar-refractivity contribution in [3.63, 3.8) is 0 Å². The number of rotatable bonds is 2. The minimum atomic E-state index is -1.60. The van der Waals surface area contributed by atoms with Crippen molar-refractivity contribution in [3.05, 3.63) is 35.4 Å². The highest BCUT2D eigenvalue weighted by molar-refractivity contribution is 5.67. The number of alkyl halides is 1. The van der Waals surface area contributed by atoms with Crippen LogP contribution in [0.15, 0.2) is 18.2 Å². The van der Waals surface area contributed by atoms with E-state index >= 15 is 0 Å². The van der Waals surface area contributed by atoms with Gasteiger partial charge in [0, 0.05) is 24.6 Å². The van der Waals surface area contributed by atoms with Gasteiger partial charge in [-0.1, -0.05) is 20.8 Å². The third-order valence-electron chi connectivity index (χ3n) is 3.86. The van der Waals surface area contributed by atoms with Crippen molar-refractivity contribution in [3.8, 4) is 0 Å². The Balaban J connectivity index is 2.27. The fraction of sp³-hybridized carbons (Fsp3) is 0.533. The highest BCUT2D eigenvalue weighted by Gasteiger charge is 2.52. The van der Waals surface area contributed by atoms with Gasteiger partial charge in [-0.05, 0) is 23.1 Å². The molecule has 3 unspecified atom stereocenters. The molecule has 0 radical (unpaired) electrons. The molecule has 1 amide bonds. The second-order valence-electron chi connectivity index (χ2n) is 6.51. The summed E-state index contributed by atoms with van der Waals surface area (Å²) in [7, 11) is 0. The van der Waals surface area contributed by atoms with E-state index in [1.165, 1.54) is 4.90 Å². The predicted molar refractivity (Wildman–Crippen MR) is 71.7 cm³/mol. The average molecular weight is 301 g/mol. The van der Waals surface area contributed by atoms with Gasteiger partial charge in [0.25, 0.3) is 0 Å². The highest BCUT2D eigenvalue weighted by Crippen LogP contribution is 2.45. The number of halogens is 3. The van der Waals surface area contributed by atoms with E-state index in [9.17, 15) is 18.0 Å². The third-order valence-corrected chi connectivity index (χ3v) is 3.86. The number of nitrogens with zero attached hydrogens (tertiary/aromatic N) is 1. The molecule has 1 fully saturated rings. The first-order chi connectivity index (χ1) is 9.61. The van der Waals surface area contributed by atoms with Crippen LogP contribution in [0, 0.1) is 23.0 Å². The van der Waals surface area contributed by atoms with Crippen molar-refractivity contribution < 1.29 is 23.1 Å². The smallest absolute Gasteiger partial charge is 0.407 e. The van der Waals surface area contributed by atoms with Gasteiger partial charge in [0.15, 0.2) is 0 Å². The Morgan fingerprint density at radius 1 is 1.29 bits per heavy atom. The minimum Gasteiger partial charge on any atom is -0.465 e. The SMILES string of the molecule is CC(C)(C)C1C(C(F)c2cc(F)cc(F)c2)CN1C(=O)O. The van der Waals surface area contributed by atoms with Crippen molar-refractivity contribution in [2.45, 2.75) is 33.0 Å². The van der Waals surface area contributed by atoms with Gasteiger partial charge in [0.05, 0.1) is 0 Å². The molecule has 3 nitrogen and oxygen atoms in total. The minimum absolute atomic E-state index is 0.0244. The molecule has 1 aromatic rings. The molecule has 6 heteroatoms. The molecule has 0 aliphatic carbocycles. The van der Waals surface area contributed by atoms with Crippen molar-refractivity contribution in [1.82, 2.24) is 4.90 Å². The van der Waals surface area contributed by atoms with Crippen LogP contribution in [-0.2, 0) is 0 Å². The lowest BCUT2D eigenvalue weighted by atomic mass is 9.69. The summed E-state index contributed by atoms with van der Waals surface area (Å²) in [6.45, 7) is 5.48. The van der Waals surface area contributed by atoms with Crippen LogP contribution in [0.5, 0.6) is 0 Å². The molecular weight excluding hydrogens is 283 g/mol. The molecule has 1 aliphatic heterocycles. The fourth-order valence-electron chi connectivity index (χ4n) is 3.07. The van der Waals surface area contributed by atoms with Crippen LogP contribution in [-0.4, -0.2) is 28.7 Å². The normalized spacial score (nSPS) is 23.6. The molecule has 1 heterocycles. The lowest BCUT2D eigenvalue weighted by molar-refractivity contribution is -0.0679. The molecule has 1 aromatic carbocycles. The Kier molecular flexibility index (Phi) is 3.91. The summed E-state index contributed by atoms with van der Waals surface area (Å²) in [5, 5.41) is 9.11. The predicted octanol–water partition coefficient (Wildman–Crippen LogP) is 4.00. The standard InChI is InChI=1S/C15H18F3NO2/c1-15(2,3)13-11(7-19(13)14(20)21)12(18)8-4-9(16)6-10(17)5-8/h4-6,11-13H,7H2,1-3H3,(H,20,21). The van der Waals surface area contributed by atoms with Gasteiger partial charge in [-0.25, -0.2) is 18.0 Å². The number of amides is 1. The molecule has 1 saturated heterocycles. The number of benzene rings is 1. The fourth-order valence-corrected chi connectivity index (χ4v) is 3.07. The molecule has 1 N–H and O–H groups in total. The number of hydrogen-bond acceptors (Lipinski definition) is 1. The Morgan fingerprint density at radius 2 is 1.81 bits per heavy atom. The van der Waals surface area contributed by atoms with Crippen LogP contribution in [0.1, 0.15) is 32.5 Å². The van der Waals surface area contributed by atoms with E-state index < -0.39 is 41.3 Å². The average Bonchev–Trinajstić information content (AvgIpc) is 2.22. The molecular formula is C15H18F3NO2. The van der Waals surface area contributed by atoms with E-state index in [0.717, 1.165) is 12.1 Å².